The molecular weight excluding hydrogens is 319 g/mol. The van der Waals surface area contributed by atoms with Gasteiger partial charge in [0, 0.05) is 13.1 Å². The molecule has 0 heterocycles. The highest BCUT2D eigenvalue weighted by molar-refractivity contribution is 7.53. The minimum absolute atomic E-state index is 0.366. The molecule has 0 aromatic rings. The summed E-state index contributed by atoms with van der Waals surface area (Å²) < 4.78 is 27.8. The Balaban J connectivity index is 3.63. The lowest BCUT2D eigenvalue weighted by Gasteiger charge is -2.19. The highest BCUT2D eigenvalue weighted by atomic mass is 31.2. The van der Waals surface area contributed by atoms with E-state index in [9.17, 15) is 9.36 Å². The summed E-state index contributed by atoms with van der Waals surface area (Å²) in [7, 11) is -2.95. The van der Waals surface area contributed by atoms with Crippen molar-refractivity contribution in [2.75, 3.05) is 39.0 Å². The Kier molecular flexibility index (Phi) is 11.5. The maximum atomic E-state index is 12.2. The number of carbonyl (C=O) groups excluding carboxylic acids is 1. The van der Waals surface area contributed by atoms with Gasteiger partial charge in [0.1, 0.15) is 5.60 Å². The fraction of sp³-hybridized carbons (Fsp3) is 0.933. The molecule has 2 N–H and O–H groups in total. The van der Waals surface area contributed by atoms with Crippen molar-refractivity contribution in [2.45, 2.75) is 53.1 Å². The fourth-order valence-corrected chi connectivity index (χ4v) is 3.33. The van der Waals surface area contributed by atoms with Crippen molar-refractivity contribution in [3.63, 3.8) is 0 Å². The van der Waals surface area contributed by atoms with E-state index in [1.165, 1.54) is 0 Å². The van der Waals surface area contributed by atoms with Crippen molar-refractivity contribution in [3.8, 4) is 0 Å². The number of amides is 1. The summed E-state index contributed by atoms with van der Waals surface area (Å²) in [6, 6.07) is 0. The molecular formula is C15H33N2O5P. The van der Waals surface area contributed by atoms with Gasteiger partial charge in [-0.2, -0.15) is 0 Å². The molecule has 0 aliphatic carbocycles. The summed E-state index contributed by atoms with van der Waals surface area (Å²) in [5, 5.41) is 5.92. The average molecular weight is 352 g/mol. The predicted molar refractivity (Wildman–Crippen MR) is 92.1 cm³/mol. The maximum absolute atomic E-state index is 12.2. The van der Waals surface area contributed by atoms with Gasteiger partial charge in [0.2, 0.25) is 0 Å². The molecule has 0 spiro atoms. The van der Waals surface area contributed by atoms with Gasteiger partial charge in [-0.3, -0.25) is 4.57 Å². The molecule has 0 unspecified atom stereocenters. The van der Waals surface area contributed by atoms with E-state index in [1.54, 1.807) is 13.8 Å². The van der Waals surface area contributed by atoms with Crippen LogP contribution in [0.1, 0.15) is 47.5 Å². The van der Waals surface area contributed by atoms with Crippen LogP contribution in [0, 0.1) is 0 Å². The second-order valence-corrected chi connectivity index (χ2v) is 8.24. The van der Waals surface area contributed by atoms with Crippen LogP contribution in [-0.4, -0.2) is 50.7 Å². The van der Waals surface area contributed by atoms with Crippen LogP contribution in [-0.2, 0) is 18.3 Å². The Hall–Kier alpha value is -0.620. The minimum atomic E-state index is -2.95. The third-order valence-corrected chi connectivity index (χ3v) is 4.74. The van der Waals surface area contributed by atoms with E-state index < -0.39 is 13.2 Å². The van der Waals surface area contributed by atoms with Gasteiger partial charge in [-0.25, -0.2) is 4.79 Å². The van der Waals surface area contributed by atoms with Crippen molar-refractivity contribution in [1.29, 1.82) is 0 Å². The van der Waals surface area contributed by atoms with E-state index in [1.807, 2.05) is 20.8 Å². The molecule has 138 valence electrons. The van der Waals surface area contributed by atoms with Gasteiger partial charge in [0.05, 0.1) is 19.4 Å². The fourth-order valence-electron chi connectivity index (χ4n) is 1.78. The smallest absolute Gasteiger partial charge is 0.407 e. The highest BCUT2D eigenvalue weighted by Gasteiger charge is 2.22. The molecule has 0 bridgehead atoms. The Labute approximate surface area is 140 Å². The van der Waals surface area contributed by atoms with Crippen LogP contribution in [0.4, 0.5) is 4.79 Å². The first kappa shape index (κ1) is 22.4. The van der Waals surface area contributed by atoms with Gasteiger partial charge in [-0.1, -0.05) is 0 Å². The molecule has 0 aliphatic rings. The van der Waals surface area contributed by atoms with Gasteiger partial charge in [0.25, 0.3) is 0 Å². The summed E-state index contributed by atoms with van der Waals surface area (Å²) in [4.78, 5) is 11.4. The normalized spacial score (nSPS) is 12.2. The van der Waals surface area contributed by atoms with Gasteiger partial charge < -0.3 is 24.4 Å². The molecule has 0 saturated carbocycles. The first-order chi connectivity index (χ1) is 10.7. The maximum Gasteiger partial charge on any atom is 0.407 e. The van der Waals surface area contributed by atoms with Crippen molar-refractivity contribution >= 4 is 13.7 Å². The van der Waals surface area contributed by atoms with Crippen molar-refractivity contribution in [1.82, 2.24) is 10.6 Å². The van der Waals surface area contributed by atoms with E-state index in [2.05, 4.69) is 10.6 Å². The molecule has 0 aromatic heterocycles. The molecule has 0 aromatic carbocycles. The third-order valence-electron chi connectivity index (χ3n) is 2.66. The Morgan fingerprint density at radius 3 is 2.09 bits per heavy atom. The van der Waals surface area contributed by atoms with Crippen molar-refractivity contribution < 1.29 is 23.1 Å². The van der Waals surface area contributed by atoms with E-state index in [4.69, 9.17) is 13.8 Å². The topological polar surface area (TPSA) is 85.9 Å². The van der Waals surface area contributed by atoms with Crippen LogP contribution in [0.3, 0.4) is 0 Å². The monoisotopic (exact) mass is 352 g/mol. The Morgan fingerprint density at radius 2 is 1.57 bits per heavy atom. The molecule has 0 radical (unpaired) electrons. The lowest BCUT2D eigenvalue weighted by Crippen LogP contribution is -2.33. The SMILES string of the molecule is CCOP(=O)(CCNCCCCNC(=O)OC(C)(C)C)OCC. The van der Waals surface area contributed by atoms with E-state index in [0.29, 0.717) is 32.5 Å². The summed E-state index contributed by atoms with van der Waals surface area (Å²) in [6.07, 6.45) is 1.73. The molecule has 23 heavy (non-hydrogen) atoms. The number of carbonyl (C=O) groups is 1. The molecule has 0 aliphatic heterocycles. The number of alkyl carbamates (subject to hydrolysis) is 1. The first-order valence-corrected chi connectivity index (χ1v) is 10.0. The first-order valence-electron chi connectivity index (χ1n) is 8.28. The second kappa shape index (κ2) is 11.8. The number of hydrogen-bond donors (Lipinski definition) is 2. The molecule has 8 heteroatoms. The standard InChI is InChI=1S/C15H33N2O5P/c1-6-20-23(19,21-7-2)13-12-16-10-8-9-11-17-14(18)22-15(3,4)5/h16H,6-13H2,1-5H3,(H,17,18). The summed E-state index contributed by atoms with van der Waals surface area (Å²) in [6.45, 7) is 11.8. The van der Waals surface area contributed by atoms with Crippen LogP contribution >= 0.6 is 7.60 Å². The Morgan fingerprint density at radius 1 is 1.00 bits per heavy atom. The lowest BCUT2D eigenvalue weighted by atomic mass is 10.2. The quantitative estimate of drug-likeness (QED) is 0.414. The Bertz CT molecular complexity index is 361. The average Bonchev–Trinajstić information content (AvgIpc) is 2.40. The van der Waals surface area contributed by atoms with Crippen LogP contribution in [0.15, 0.2) is 0 Å². The van der Waals surface area contributed by atoms with Crippen molar-refractivity contribution in [3.05, 3.63) is 0 Å². The van der Waals surface area contributed by atoms with E-state index >= 15 is 0 Å². The molecule has 1 amide bonds. The number of rotatable bonds is 12. The molecule has 0 rings (SSSR count). The van der Waals surface area contributed by atoms with Gasteiger partial charge in [0.15, 0.2) is 0 Å². The van der Waals surface area contributed by atoms with Gasteiger partial charge in [-0.05, 0) is 54.0 Å². The predicted octanol–water partition coefficient (Wildman–Crippen LogP) is 3.15. The summed E-state index contributed by atoms with van der Waals surface area (Å²) in [5.74, 6) is 0. The third kappa shape index (κ3) is 13.5. The van der Waals surface area contributed by atoms with Crippen molar-refractivity contribution in [2.24, 2.45) is 0 Å². The van der Waals surface area contributed by atoms with Crippen LogP contribution in [0.25, 0.3) is 0 Å². The zero-order valence-electron chi connectivity index (χ0n) is 15.1. The number of nitrogens with one attached hydrogen (secondary N) is 2. The highest BCUT2D eigenvalue weighted by Crippen LogP contribution is 2.47. The minimum Gasteiger partial charge on any atom is -0.444 e. The lowest BCUT2D eigenvalue weighted by molar-refractivity contribution is 0.0527. The van der Waals surface area contributed by atoms with Crippen LogP contribution < -0.4 is 10.6 Å². The zero-order valence-corrected chi connectivity index (χ0v) is 16.0. The second-order valence-electron chi connectivity index (χ2n) is 6.06. The van der Waals surface area contributed by atoms with E-state index in [0.717, 1.165) is 19.4 Å². The van der Waals surface area contributed by atoms with Gasteiger partial charge in [-0.15, -0.1) is 0 Å². The number of unbranched alkanes of at least 4 members (excludes halogenated alkanes) is 1. The van der Waals surface area contributed by atoms with Gasteiger partial charge >= 0.3 is 13.7 Å². The van der Waals surface area contributed by atoms with Crippen LogP contribution in [0.5, 0.6) is 0 Å². The largest absolute Gasteiger partial charge is 0.444 e. The summed E-state index contributed by atoms with van der Waals surface area (Å²) in [5.41, 5.74) is -0.472. The van der Waals surface area contributed by atoms with E-state index in [-0.39, 0.29) is 6.09 Å². The summed E-state index contributed by atoms with van der Waals surface area (Å²) >= 11 is 0. The molecule has 0 atom stereocenters. The molecule has 7 nitrogen and oxygen atoms in total. The molecule has 0 saturated heterocycles. The number of hydrogen-bond acceptors (Lipinski definition) is 6. The zero-order chi connectivity index (χ0) is 17.8. The van der Waals surface area contributed by atoms with Crippen LogP contribution in [0.2, 0.25) is 0 Å². The number of ether oxygens (including phenoxy) is 1. The molecule has 0 fully saturated rings.